The van der Waals surface area contributed by atoms with Crippen LogP contribution in [0.5, 0.6) is 0 Å². The summed E-state index contributed by atoms with van der Waals surface area (Å²) in [6.07, 6.45) is 1.98. The topological polar surface area (TPSA) is 45.2 Å². The molecule has 1 aliphatic heterocycles. The number of nitrogens with one attached hydrogen (secondary N) is 1. The number of likely N-dealkylation sites (tertiary alicyclic amines) is 1. The molecule has 2 rings (SSSR count). The van der Waals surface area contributed by atoms with E-state index in [9.17, 15) is 4.79 Å². The van der Waals surface area contributed by atoms with Gasteiger partial charge in [0.2, 0.25) is 0 Å². The maximum Gasteiger partial charge on any atom is 0.270 e. The average Bonchev–Trinajstić information content (AvgIpc) is 2.32. The number of carbonyl (C=O) groups excluding carboxylic acids is 1. The second-order valence-electron chi connectivity index (χ2n) is 4.40. The summed E-state index contributed by atoms with van der Waals surface area (Å²) in [4.78, 5) is 18.2. The lowest BCUT2D eigenvalue weighted by atomic mass is 10.1. The Bertz CT molecular complexity index is 402. The largest absolute Gasteiger partial charge is 0.348 e. The molecule has 0 aromatic carbocycles. The Kier molecular flexibility index (Phi) is 3.97. The van der Waals surface area contributed by atoms with Crippen LogP contribution in [0.3, 0.4) is 0 Å². The van der Waals surface area contributed by atoms with Gasteiger partial charge in [-0.05, 0) is 45.1 Å². The van der Waals surface area contributed by atoms with Gasteiger partial charge in [-0.3, -0.25) is 4.79 Å². The highest BCUT2D eigenvalue weighted by Gasteiger charge is 2.19. The van der Waals surface area contributed by atoms with Crippen LogP contribution in [-0.2, 0) is 0 Å². The lowest BCUT2D eigenvalue weighted by Crippen LogP contribution is -2.43. The molecule has 2 heterocycles. The van der Waals surface area contributed by atoms with Crippen molar-refractivity contribution in [3.05, 3.63) is 29.0 Å². The van der Waals surface area contributed by atoms with Gasteiger partial charge in [-0.1, -0.05) is 17.7 Å². The van der Waals surface area contributed by atoms with E-state index in [-0.39, 0.29) is 11.9 Å². The van der Waals surface area contributed by atoms with Crippen LogP contribution >= 0.6 is 11.6 Å². The summed E-state index contributed by atoms with van der Waals surface area (Å²) in [5, 5.41) is 3.34. The van der Waals surface area contributed by atoms with Crippen LogP contribution < -0.4 is 5.32 Å². The third-order valence-corrected chi connectivity index (χ3v) is 3.21. The van der Waals surface area contributed by atoms with Crippen LogP contribution in [0.25, 0.3) is 0 Å². The molecule has 1 N–H and O–H groups in total. The van der Waals surface area contributed by atoms with Gasteiger partial charge in [-0.25, -0.2) is 4.98 Å². The summed E-state index contributed by atoms with van der Waals surface area (Å²) in [6, 6.07) is 5.32. The highest BCUT2D eigenvalue weighted by molar-refractivity contribution is 6.29. The summed E-state index contributed by atoms with van der Waals surface area (Å²) >= 11 is 5.75. The molecule has 0 atom stereocenters. The van der Waals surface area contributed by atoms with Gasteiger partial charge >= 0.3 is 0 Å². The second-order valence-corrected chi connectivity index (χ2v) is 4.78. The van der Waals surface area contributed by atoms with Crippen molar-refractivity contribution in [1.82, 2.24) is 15.2 Å². The van der Waals surface area contributed by atoms with Gasteiger partial charge in [0.25, 0.3) is 5.91 Å². The van der Waals surface area contributed by atoms with Crippen LogP contribution in [0.1, 0.15) is 23.3 Å². The zero-order chi connectivity index (χ0) is 12.3. The van der Waals surface area contributed by atoms with Crippen molar-refractivity contribution >= 4 is 17.5 Å². The summed E-state index contributed by atoms with van der Waals surface area (Å²) < 4.78 is 0. The Morgan fingerprint density at radius 3 is 2.82 bits per heavy atom. The lowest BCUT2D eigenvalue weighted by Gasteiger charge is -2.29. The Hall–Kier alpha value is -1.13. The molecule has 1 aliphatic rings. The number of amides is 1. The molecule has 1 amide bonds. The van der Waals surface area contributed by atoms with Crippen molar-refractivity contribution in [2.45, 2.75) is 18.9 Å². The van der Waals surface area contributed by atoms with Gasteiger partial charge in [0.15, 0.2) is 0 Å². The summed E-state index contributed by atoms with van der Waals surface area (Å²) in [5.41, 5.74) is 0.386. The van der Waals surface area contributed by atoms with Crippen molar-refractivity contribution in [1.29, 1.82) is 0 Å². The molecule has 0 saturated carbocycles. The fourth-order valence-electron chi connectivity index (χ4n) is 1.95. The number of rotatable bonds is 2. The summed E-state index contributed by atoms with van der Waals surface area (Å²) in [7, 11) is 2.09. The summed E-state index contributed by atoms with van der Waals surface area (Å²) in [5.74, 6) is -0.137. The zero-order valence-electron chi connectivity index (χ0n) is 9.82. The van der Waals surface area contributed by atoms with Gasteiger partial charge in [0.1, 0.15) is 10.8 Å². The van der Waals surface area contributed by atoms with Gasteiger partial charge in [-0.2, -0.15) is 0 Å². The van der Waals surface area contributed by atoms with Crippen LogP contribution in [0.15, 0.2) is 18.2 Å². The minimum atomic E-state index is -0.137. The molecule has 5 heteroatoms. The molecule has 0 aliphatic carbocycles. The molecule has 92 valence electrons. The molecule has 1 fully saturated rings. The van der Waals surface area contributed by atoms with Gasteiger partial charge < -0.3 is 10.2 Å². The Labute approximate surface area is 106 Å². The maximum atomic E-state index is 11.9. The van der Waals surface area contributed by atoms with E-state index in [1.54, 1.807) is 18.2 Å². The predicted molar refractivity (Wildman–Crippen MR) is 67.2 cm³/mol. The van der Waals surface area contributed by atoms with E-state index >= 15 is 0 Å². The van der Waals surface area contributed by atoms with Gasteiger partial charge in [0.05, 0.1) is 0 Å². The fraction of sp³-hybridized carbons (Fsp3) is 0.500. The minimum Gasteiger partial charge on any atom is -0.348 e. The van der Waals surface area contributed by atoms with E-state index in [1.807, 2.05) is 0 Å². The number of pyridine rings is 1. The Morgan fingerprint density at radius 1 is 1.47 bits per heavy atom. The molecule has 1 aromatic rings. The van der Waals surface area contributed by atoms with Gasteiger partial charge in [0, 0.05) is 6.04 Å². The first-order chi connectivity index (χ1) is 8.15. The maximum absolute atomic E-state index is 11.9. The third-order valence-electron chi connectivity index (χ3n) is 3.00. The van der Waals surface area contributed by atoms with E-state index in [0.717, 1.165) is 25.9 Å². The number of halogens is 1. The van der Waals surface area contributed by atoms with Crippen LogP contribution in [0.2, 0.25) is 5.15 Å². The average molecular weight is 254 g/mol. The quantitative estimate of drug-likeness (QED) is 0.814. The molecule has 1 aromatic heterocycles. The number of aromatic nitrogens is 1. The lowest BCUT2D eigenvalue weighted by molar-refractivity contribution is 0.0912. The highest BCUT2D eigenvalue weighted by Crippen LogP contribution is 2.10. The van der Waals surface area contributed by atoms with Crippen molar-refractivity contribution in [2.24, 2.45) is 0 Å². The van der Waals surface area contributed by atoms with E-state index in [1.165, 1.54) is 0 Å². The minimum absolute atomic E-state index is 0.137. The standard InChI is InChI=1S/C12H16ClN3O/c1-16-7-5-9(6-8-16)14-12(17)10-3-2-4-11(13)15-10/h2-4,9H,5-8H2,1H3,(H,14,17). The van der Waals surface area contributed by atoms with Gasteiger partial charge in [-0.15, -0.1) is 0 Å². The molecule has 4 nitrogen and oxygen atoms in total. The predicted octanol–water partition coefficient (Wildman–Crippen LogP) is 1.56. The van der Waals surface area contributed by atoms with E-state index in [0.29, 0.717) is 10.8 Å². The summed E-state index contributed by atoms with van der Waals surface area (Å²) in [6.45, 7) is 2.04. The first-order valence-corrected chi connectivity index (χ1v) is 6.15. The first-order valence-electron chi connectivity index (χ1n) is 5.77. The fourth-order valence-corrected chi connectivity index (χ4v) is 2.11. The van der Waals surface area contributed by atoms with E-state index < -0.39 is 0 Å². The molecule has 0 spiro atoms. The molecular formula is C12H16ClN3O. The van der Waals surface area contributed by atoms with Crippen LogP contribution in [0, 0.1) is 0 Å². The highest BCUT2D eigenvalue weighted by atomic mass is 35.5. The van der Waals surface area contributed by atoms with E-state index in [4.69, 9.17) is 11.6 Å². The van der Waals surface area contributed by atoms with Crippen LogP contribution in [-0.4, -0.2) is 42.0 Å². The second kappa shape index (κ2) is 5.47. The number of carbonyl (C=O) groups is 1. The monoisotopic (exact) mass is 253 g/mol. The number of hydrogen-bond donors (Lipinski definition) is 1. The first kappa shape index (κ1) is 12.3. The molecule has 1 saturated heterocycles. The zero-order valence-corrected chi connectivity index (χ0v) is 10.6. The smallest absolute Gasteiger partial charge is 0.270 e. The molecular weight excluding hydrogens is 238 g/mol. The number of piperidine rings is 1. The van der Waals surface area contributed by atoms with Crippen molar-refractivity contribution in [2.75, 3.05) is 20.1 Å². The molecule has 0 bridgehead atoms. The molecule has 17 heavy (non-hydrogen) atoms. The van der Waals surface area contributed by atoms with Crippen LogP contribution in [0.4, 0.5) is 0 Å². The van der Waals surface area contributed by atoms with E-state index in [2.05, 4.69) is 22.2 Å². The van der Waals surface area contributed by atoms with Crippen molar-refractivity contribution in [3.63, 3.8) is 0 Å². The third kappa shape index (κ3) is 3.41. The van der Waals surface area contributed by atoms with Crippen molar-refractivity contribution in [3.8, 4) is 0 Å². The van der Waals surface area contributed by atoms with Crippen molar-refractivity contribution < 1.29 is 4.79 Å². The number of nitrogens with zero attached hydrogens (tertiary/aromatic N) is 2. The number of hydrogen-bond acceptors (Lipinski definition) is 3. The normalized spacial score (nSPS) is 18.0. The molecule has 0 radical (unpaired) electrons. The Balaban J connectivity index is 1.93. The SMILES string of the molecule is CN1CCC(NC(=O)c2cccc(Cl)n2)CC1. The molecule has 0 unspecified atom stereocenters. The Morgan fingerprint density at radius 2 is 2.18 bits per heavy atom.